The second kappa shape index (κ2) is 8.92. The summed E-state index contributed by atoms with van der Waals surface area (Å²) < 4.78 is 12.3. The lowest BCUT2D eigenvalue weighted by Crippen LogP contribution is -2.13. The standard InChI is InChI=1S/C19H22INO3/c1-4-9-24-18-16(20)11-14(12-17(18)23-5-2)19(22)21-15-8-6-7-13(3)10-15/h6-8,10-12H,4-5,9H2,1-3H3,(H,21,22). The third kappa shape index (κ3) is 4.87. The Labute approximate surface area is 156 Å². The van der Waals surface area contributed by atoms with Crippen LogP contribution in [0, 0.1) is 10.5 Å². The van der Waals surface area contributed by atoms with Crippen LogP contribution in [0.4, 0.5) is 5.69 Å². The number of benzene rings is 2. The maximum absolute atomic E-state index is 12.5. The Morgan fingerprint density at radius 1 is 1.17 bits per heavy atom. The SMILES string of the molecule is CCCOc1c(I)cc(C(=O)Nc2cccc(C)c2)cc1OCC. The molecule has 24 heavy (non-hydrogen) atoms. The number of ether oxygens (including phenoxy) is 2. The second-order valence-electron chi connectivity index (χ2n) is 5.39. The predicted molar refractivity (Wildman–Crippen MR) is 105 cm³/mol. The Kier molecular flexibility index (Phi) is 6.90. The van der Waals surface area contributed by atoms with Crippen LogP contribution in [0.2, 0.25) is 0 Å². The van der Waals surface area contributed by atoms with E-state index in [-0.39, 0.29) is 5.91 Å². The Bertz CT molecular complexity index is 716. The monoisotopic (exact) mass is 439 g/mol. The molecule has 0 aliphatic rings. The number of hydrogen-bond acceptors (Lipinski definition) is 3. The minimum absolute atomic E-state index is 0.165. The van der Waals surface area contributed by atoms with Crippen LogP contribution in [-0.2, 0) is 0 Å². The van der Waals surface area contributed by atoms with Crippen LogP contribution in [0.5, 0.6) is 11.5 Å². The summed E-state index contributed by atoms with van der Waals surface area (Å²) in [4.78, 5) is 12.5. The third-order valence-corrected chi connectivity index (χ3v) is 4.10. The predicted octanol–water partition coefficient (Wildman–Crippen LogP) is 5.04. The lowest BCUT2D eigenvalue weighted by molar-refractivity contribution is 0.102. The molecule has 0 saturated heterocycles. The van der Waals surface area contributed by atoms with Crippen molar-refractivity contribution in [1.29, 1.82) is 0 Å². The van der Waals surface area contributed by atoms with E-state index in [0.717, 1.165) is 21.2 Å². The van der Waals surface area contributed by atoms with Gasteiger partial charge >= 0.3 is 0 Å². The fourth-order valence-electron chi connectivity index (χ4n) is 2.23. The lowest BCUT2D eigenvalue weighted by atomic mass is 10.1. The van der Waals surface area contributed by atoms with Gasteiger partial charge in [-0.25, -0.2) is 0 Å². The molecule has 0 fully saturated rings. The molecule has 0 aliphatic heterocycles. The molecule has 2 rings (SSSR count). The average Bonchev–Trinajstić information content (AvgIpc) is 2.54. The van der Waals surface area contributed by atoms with Gasteiger partial charge in [0.15, 0.2) is 11.5 Å². The fourth-order valence-corrected chi connectivity index (χ4v) is 2.99. The van der Waals surface area contributed by atoms with Gasteiger partial charge in [0.25, 0.3) is 5.91 Å². The molecule has 0 unspecified atom stereocenters. The minimum Gasteiger partial charge on any atom is -0.490 e. The van der Waals surface area contributed by atoms with E-state index in [0.29, 0.717) is 30.3 Å². The molecule has 0 bridgehead atoms. The molecule has 0 aromatic heterocycles. The van der Waals surface area contributed by atoms with Crippen molar-refractivity contribution < 1.29 is 14.3 Å². The molecule has 0 atom stereocenters. The molecule has 4 nitrogen and oxygen atoms in total. The Balaban J connectivity index is 2.27. The zero-order valence-corrected chi connectivity index (χ0v) is 16.3. The first-order valence-electron chi connectivity index (χ1n) is 8.02. The van der Waals surface area contributed by atoms with Crippen molar-refractivity contribution in [2.45, 2.75) is 27.2 Å². The molecule has 0 radical (unpaired) electrons. The van der Waals surface area contributed by atoms with Crippen LogP contribution in [0.15, 0.2) is 36.4 Å². The molecule has 5 heteroatoms. The molecule has 0 heterocycles. The van der Waals surface area contributed by atoms with Crippen molar-refractivity contribution in [3.05, 3.63) is 51.1 Å². The van der Waals surface area contributed by atoms with Crippen molar-refractivity contribution in [2.75, 3.05) is 18.5 Å². The van der Waals surface area contributed by atoms with E-state index in [4.69, 9.17) is 9.47 Å². The van der Waals surface area contributed by atoms with Crippen LogP contribution in [-0.4, -0.2) is 19.1 Å². The van der Waals surface area contributed by atoms with E-state index in [2.05, 4.69) is 34.8 Å². The first-order chi connectivity index (χ1) is 11.5. The largest absolute Gasteiger partial charge is 0.490 e. The van der Waals surface area contributed by atoms with Gasteiger partial charge in [0.1, 0.15) is 0 Å². The summed E-state index contributed by atoms with van der Waals surface area (Å²) >= 11 is 2.18. The van der Waals surface area contributed by atoms with Crippen molar-refractivity contribution >= 4 is 34.2 Å². The van der Waals surface area contributed by atoms with Gasteiger partial charge in [-0.3, -0.25) is 4.79 Å². The summed E-state index contributed by atoms with van der Waals surface area (Å²) in [7, 11) is 0. The van der Waals surface area contributed by atoms with E-state index in [1.807, 2.05) is 44.2 Å². The number of nitrogens with one attached hydrogen (secondary N) is 1. The third-order valence-electron chi connectivity index (χ3n) is 3.30. The normalized spacial score (nSPS) is 10.3. The maximum Gasteiger partial charge on any atom is 0.255 e. The van der Waals surface area contributed by atoms with Crippen LogP contribution in [0.1, 0.15) is 36.2 Å². The molecule has 128 valence electrons. The summed E-state index contributed by atoms with van der Waals surface area (Å²) in [5.41, 5.74) is 2.42. The molecule has 2 aromatic carbocycles. The van der Waals surface area contributed by atoms with Crippen molar-refractivity contribution in [3.63, 3.8) is 0 Å². The maximum atomic E-state index is 12.5. The molecular weight excluding hydrogens is 417 g/mol. The fraction of sp³-hybridized carbons (Fsp3) is 0.316. The quantitative estimate of drug-likeness (QED) is 0.615. The van der Waals surface area contributed by atoms with E-state index in [9.17, 15) is 4.79 Å². The molecule has 0 saturated carbocycles. The molecule has 1 amide bonds. The van der Waals surface area contributed by atoms with E-state index in [1.54, 1.807) is 6.07 Å². The summed E-state index contributed by atoms with van der Waals surface area (Å²) in [6.07, 6.45) is 0.914. The van der Waals surface area contributed by atoms with Crippen LogP contribution < -0.4 is 14.8 Å². The van der Waals surface area contributed by atoms with Gasteiger partial charge in [-0.15, -0.1) is 0 Å². The van der Waals surface area contributed by atoms with E-state index in [1.165, 1.54) is 0 Å². The number of carbonyl (C=O) groups is 1. The van der Waals surface area contributed by atoms with Crippen LogP contribution in [0.25, 0.3) is 0 Å². The number of amides is 1. The summed E-state index contributed by atoms with van der Waals surface area (Å²) in [5.74, 6) is 1.14. The van der Waals surface area contributed by atoms with Gasteiger partial charge in [-0.05, 0) is 72.7 Å². The van der Waals surface area contributed by atoms with Gasteiger partial charge in [0, 0.05) is 11.3 Å². The summed E-state index contributed by atoms with van der Waals surface area (Å²) in [6, 6.07) is 11.3. The van der Waals surface area contributed by atoms with Crippen LogP contribution in [0.3, 0.4) is 0 Å². The first kappa shape index (κ1) is 18.6. The number of hydrogen-bond donors (Lipinski definition) is 1. The Morgan fingerprint density at radius 3 is 2.62 bits per heavy atom. The summed E-state index contributed by atoms with van der Waals surface area (Å²) in [6.45, 7) is 7.09. The molecule has 1 N–H and O–H groups in total. The molecule has 0 aliphatic carbocycles. The highest BCUT2D eigenvalue weighted by molar-refractivity contribution is 14.1. The first-order valence-corrected chi connectivity index (χ1v) is 9.10. The van der Waals surface area contributed by atoms with E-state index >= 15 is 0 Å². The zero-order valence-electron chi connectivity index (χ0n) is 14.2. The Morgan fingerprint density at radius 2 is 1.96 bits per heavy atom. The Hall–Kier alpha value is -1.76. The number of halogens is 1. The van der Waals surface area contributed by atoms with Gasteiger partial charge in [0.05, 0.1) is 16.8 Å². The number of carbonyl (C=O) groups excluding carboxylic acids is 1. The summed E-state index contributed by atoms with van der Waals surface area (Å²) in [5, 5.41) is 2.92. The molecule has 2 aromatic rings. The highest BCUT2D eigenvalue weighted by Gasteiger charge is 2.16. The van der Waals surface area contributed by atoms with Crippen LogP contribution >= 0.6 is 22.6 Å². The smallest absolute Gasteiger partial charge is 0.255 e. The molecular formula is C19H22INO3. The number of anilines is 1. The highest BCUT2D eigenvalue weighted by atomic mass is 127. The topological polar surface area (TPSA) is 47.6 Å². The number of aryl methyl sites for hydroxylation is 1. The van der Waals surface area contributed by atoms with Gasteiger partial charge in [0.2, 0.25) is 0 Å². The minimum atomic E-state index is -0.165. The van der Waals surface area contributed by atoms with Gasteiger partial charge in [-0.2, -0.15) is 0 Å². The number of rotatable bonds is 7. The lowest BCUT2D eigenvalue weighted by Gasteiger charge is -2.15. The second-order valence-corrected chi connectivity index (χ2v) is 6.55. The van der Waals surface area contributed by atoms with Crippen molar-refractivity contribution in [3.8, 4) is 11.5 Å². The molecule has 0 spiro atoms. The highest BCUT2D eigenvalue weighted by Crippen LogP contribution is 2.34. The van der Waals surface area contributed by atoms with Gasteiger partial charge < -0.3 is 14.8 Å². The van der Waals surface area contributed by atoms with Gasteiger partial charge in [-0.1, -0.05) is 19.1 Å². The van der Waals surface area contributed by atoms with Crippen molar-refractivity contribution in [2.24, 2.45) is 0 Å². The zero-order chi connectivity index (χ0) is 17.5. The van der Waals surface area contributed by atoms with E-state index < -0.39 is 0 Å². The average molecular weight is 439 g/mol. The van der Waals surface area contributed by atoms with Crippen molar-refractivity contribution in [1.82, 2.24) is 0 Å².